The first-order valence-electron chi connectivity index (χ1n) is 5.12. The lowest BCUT2D eigenvalue weighted by Gasteiger charge is -2.29. The van der Waals surface area contributed by atoms with Crippen LogP contribution in [0, 0.1) is 12.7 Å². The molecule has 1 saturated heterocycles. The molecule has 0 amide bonds. The van der Waals surface area contributed by atoms with Gasteiger partial charge in [-0.05, 0) is 25.5 Å². The van der Waals surface area contributed by atoms with Crippen LogP contribution < -0.4 is 5.32 Å². The third-order valence-electron chi connectivity index (χ3n) is 2.61. The number of aryl methyl sites for hydroxylation is 1. The summed E-state index contributed by atoms with van der Waals surface area (Å²) in [7, 11) is 0. The van der Waals surface area contributed by atoms with Crippen LogP contribution in [0.5, 0.6) is 0 Å². The highest BCUT2D eigenvalue weighted by molar-refractivity contribution is 5.24. The molecule has 1 aromatic heterocycles. The Balaban J connectivity index is 2.24. The van der Waals surface area contributed by atoms with Crippen LogP contribution in [0.3, 0.4) is 0 Å². The largest absolute Gasteiger partial charge is 0.378 e. The third kappa shape index (κ3) is 2.33. The van der Waals surface area contributed by atoms with E-state index in [0.717, 1.165) is 11.3 Å². The van der Waals surface area contributed by atoms with Gasteiger partial charge in [0.15, 0.2) is 0 Å². The normalized spacial score (nSPS) is 26.6. The van der Waals surface area contributed by atoms with E-state index >= 15 is 0 Å². The van der Waals surface area contributed by atoms with E-state index < -0.39 is 0 Å². The number of nitrogens with one attached hydrogen (secondary N) is 1. The number of pyridine rings is 1. The summed E-state index contributed by atoms with van der Waals surface area (Å²) in [4.78, 5) is 4.01. The Morgan fingerprint density at radius 1 is 1.53 bits per heavy atom. The predicted octanol–water partition coefficient (Wildman–Crippen LogP) is 1.58. The van der Waals surface area contributed by atoms with Crippen molar-refractivity contribution in [1.29, 1.82) is 0 Å². The zero-order valence-electron chi connectivity index (χ0n) is 8.96. The van der Waals surface area contributed by atoms with Gasteiger partial charge in [-0.15, -0.1) is 0 Å². The van der Waals surface area contributed by atoms with Crippen molar-refractivity contribution in [2.24, 2.45) is 0 Å². The molecule has 4 heteroatoms. The van der Waals surface area contributed by atoms with Gasteiger partial charge in [0.25, 0.3) is 0 Å². The molecule has 1 aromatic rings. The Kier molecular flexibility index (Phi) is 2.98. The van der Waals surface area contributed by atoms with Gasteiger partial charge >= 0.3 is 0 Å². The average molecular weight is 210 g/mol. The quantitative estimate of drug-likeness (QED) is 0.764. The monoisotopic (exact) mass is 210 g/mol. The van der Waals surface area contributed by atoms with Crippen LogP contribution in [0.25, 0.3) is 0 Å². The molecule has 2 rings (SSSR count). The summed E-state index contributed by atoms with van der Waals surface area (Å²) in [6, 6.07) is 1.88. The van der Waals surface area contributed by atoms with Crippen molar-refractivity contribution >= 4 is 0 Å². The van der Waals surface area contributed by atoms with Gasteiger partial charge in [-0.25, -0.2) is 4.39 Å². The number of ether oxygens (including phenoxy) is 1. The number of morpholine rings is 1. The van der Waals surface area contributed by atoms with E-state index in [-0.39, 0.29) is 11.9 Å². The zero-order chi connectivity index (χ0) is 10.8. The molecule has 2 heterocycles. The lowest BCUT2D eigenvalue weighted by atomic mass is 10.0. The summed E-state index contributed by atoms with van der Waals surface area (Å²) < 4.78 is 18.5. The molecule has 15 heavy (non-hydrogen) atoms. The van der Waals surface area contributed by atoms with Gasteiger partial charge in [0, 0.05) is 11.7 Å². The van der Waals surface area contributed by atoms with Crippen LogP contribution in [0.15, 0.2) is 12.3 Å². The van der Waals surface area contributed by atoms with Crippen LogP contribution in [-0.4, -0.2) is 24.2 Å². The molecule has 3 nitrogen and oxygen atoms in total. The van der Waals surface area contributed by atoms with Crippen LogP contribution in [-0.2, 0) is 4.74 Å². The fraction of sp³-hybridized carbons (Fsp3) is 0.545. The highest BCUT2D eigenvalue weighted by atomic mass is 19.1. The minimum absolute atomic E-state index is 0.0527. The van der Waals surface area contributed by atoms with E-state index in [9.17, 15) is 4.39 Å². The highest BCUT2D eigenvalue weighted by Gasteiger charge is 2.21. The first-order valence-corrected chi connectivity index (χ1v) is 5.12. The zero-order valence-corrected chi connectivity index (χ0v) is 8.96. The molecule has 82 valence electrons. The van der Waals surface area contributed by atoms with Crippen molar-refractivity contribution in [3.8, 4) is 0 Å². The summed E-state index contributed by atoms with van der Waals surface area (Å²) in [5, 5.41) is 3.37. The molecule has 1 fully saturated rings. The third-order valence-corrected chi connectivity index (χ3v) is 2.61. The van der Waals surface area contributed by atoms with Crippen molar-refractivity contribution in [3.05, 3.63) is 29.3 Å². The Labute approximate surface area is 88.7 Å². The van der Waals surface area contributed by atoms with Gasteiger partial charge in [-0.1, -0.05) is 0 Å². The van der Waals surface area contributed by atoms with Gasteiger partial charge in [-0.2, -0.15) is 0 Å². The maximum Gasteiger partial charge on any atom is 0.141 e. The van der Waals surface area contributed by atoms with Crippen molar-refractivity contribution in [2.75, 3.05) is 13.2 Å². The minimum Gasteiger partial charge on any atom is -0.378 e. The van der Waals surface area contributed by atoms with E-state index in [1.807, 2.05) is 13.8 Å². The first kappa shape index (κ1) is 10.5. The van der Waals surface area contributed by atoms with Crippen LogP contribution >= 0.6 is 0 Å². The maximum atomic E-state index is 13.1. The fourth-order valence-electron chi connectivity index (χ4n) is 1.86. The second-order valence-electron chi connectivity index (χ2n) is 3.99. The Morgan fingerprint density at radius 2 is 2.33 bits per heavy atom. The summed E-state index contributed by atoms with van der Waals surface area (Å²) in [6.45, 7) is 5.22. The van der Waals surface area contributed by atoms with Crippen molar-refractivity contribution < 1.29 is 9.13 Å². The predicted molar refractivity (Wildman–Crippen MR) is 55.1 cm³/mol. The van der Waals surface area contributed by atoms with E-state index in [4.69, 9.17) is 4.74 Å². The fourth-order valence-corrected chi connectivity index (χ4v) is 1.86. The number of hydrogen-bond donors (Lipinski definition) is 1. The molecule has 1 aliphatic rings. The number of rotatable bonds is 1. The van der Waals surface area contributed by atoms with Crippen LogP contribution in [0.4, 0.5) is 4.39 Å². The van der Waals surface area contributed by atoms with E-state index in [1.54, 1.807) is 0 Å². The molecule has 0 bridgehead atoms. The standard InChI is InChI=1S/C11H15FN2O/c1-7-5-15-6-11(14-7)10-3-9(12)4-13-8(10)2/h3-4,7,11,14H,5-6H2,1-2H3/t7-,11-/m1/s1. The van der Waals surface area contributed by atoms with Gasteiger partial charge in [0.2, 0.25) is 0 Å². The SMILES string of the molecule is Cc1ncc(F)cc1[C@H]1COC[C@@H](C)N1. The number of aromatic nitrogens is 1. The molecular weight excluding hydrogens is 195 g/mol. The lowest BCUT2D eigenvalue weighted by molar-refractivity contribution is 0.0500. The topological polar surface area (TPSA) is 34.1 Å². The van der Waals surface area contributed by atoms with Crippen molar-refractivity contribution in [2.45, 2.75) is 25.9 Å². The van der Waals surface area contributed by atoms with Crippen molar-refractivity contribution in [3.63, 3.8) is 0 Å². The van der Waals surface area contributed by atoms with Gasteiger partial charge < -0.3 is 10.1 Å². The van der Waals surface area contributed by atoms with Crippen molar-refractivity contribution in [1.82, 2.24) is 10.3 Å². The summed E-state index contributed by atoms with van der Waals surface area (Å²) in [5.41, 5.74) is 1.74. The summed E-state index contributed by atoms with van der Waals surface area (Å²) in [6.07, 6.45) is 1.24. The lowest BCUT2D eigenvalue weighted by Crippen LogP contribution is -2.42. The van der Waals surface area contributed by atoms with Crippen LogP contribution in [0.1, 0.15) is 24.2 Å². The molecule has 0 spiro atoms. The van der Waals surface area contributed by atoms with E-state index in [2.05, 4.69) is 10.3 Å². The number of halogens is 1. The second-order valence-corrected chi connectivity index (χ2v) is 3.99. The molecule has 2 atom stereocenters. The molecule has 0 aromatic carbocycles. The first-order chi connectivity index (χ1) is 7.16. The van der Waals surface area contributed by atoms with Crippen LogP contribution in [0.2, 0.25) is 0 Å². The Hall–Kier alpha value is -1.00. The molecule has 1 aliphatic heterocycles. The Morgan fingerprint density at radius 3 is 3.07 bits per heavy atom. The molecule has 0 radical (unpaired) electrons. The molecule has 1 N–H and O–H groups in total. The second kappa shape index (κ2) is 4.24. The van der Waals surface area contributed by atoms with E-state index in [0.29, 0.717) is 19.3 Å². The smallest absolute Gasteiger partial charge is 0.141 e. The summed E-state index contributed by atoms with van der Waals surface area (Å²) >= 11 is 0. The molecule has 0 unspecified atom stereocenters. The van der Waals surface area contributed by atoms with Gasteiger partial charge in [0.05, 0.1) is 25.5 Å². The molecule has 0 aliphatic carbocycles. The van der Waals surface area contributed by atoms with Gasteiger partial charge in [0.1, 0.15) is 5.82 Å². The Bertz CT molecular complexity index is 356. The number of nitrogens with zero attached hydrogens (tertiary/aromatic N) is 1. The minimum atomic E-state index is -0.296. The molecule has 0 saturated carbocycles. The number of hydrogen-bond acceptors (Lipinski definition) is 3. The maximum absolute atomic E-state index is 13.1. The highest BCUT2D eigenvalue weighted by Crippen LogP contribution is 2.20. The summed E-state index contributed by atoms with van der Waals surface area (Å²) in [5.74, 6) is -0.296. The van der Waals surface area contributed by atoms with E-state index in [1.165, 1.54) is 12.3 Å². The van der Waals surface area contributed by atoms with Gasteiger partial charge in [-0.3, -0.25) is 4.98 Å². The molecular formula is C11H15FN2O. The average Bonchev–Trinajstić information content (AvgIpc) is 2.22.